The van der Waals surface area contributed by atoms with Gasteiger partial charge in [0.15, 0.2) is 5.82 Å². The third-order valence-electron chi connectivity index (χ3n) is 1.51. The van der Waals surface area contributed by atoms with Gasteiger partial charge in [0, 0.05) is 13.2 Å². The Morgan fingerprint density at radius 2 is 2.33 bits per heavy atom. The van der Waals surface area contributed by atoms with E-state index in [1.807, 2.05) is 19.2 Å². The Hall–Kier alpha value is -1.78. The average Bonchev–Trinajstić information content (AvgIpc) is 2.53. The van der Waals surface area contributed by atoms with E-state index in [-0.39, 0.29) is 0 Å². The summed E-state index contributed by atoms with van der Waals surface area (Å²) < 4.78 is 1.66. The van der Waals surface area contributed by atoms with Crippen molar-refractivity contribution in [2.24, 2.45) is 7.05 Å². The fraction of sp³-hybridized carbons (Fsp3) is 0.143. The van der Waals surface area contributed by atoms with E-state index in [1.165, 1.54) is 6.33 Å². The first-order valence-corrected chi connectivity index (χ1v) is 3.50. The Morgan fingerprint density at radius 3 is 2.92 bits per heavy atom. The van der Waals surface area contributed by atoms with Crippen LogP contribution < -0.4 is 0 Å². The van der Waals surface area contributed by atoms with Crippen molar-refractivity contribution < 1.29 is 0 Å². The van der Waals surface area contributed by atoms with Crippen molar-refractivity contribution in [3.05, 3.63) is 24.7 Å². The van der Waals surface area contributed by atoms with Crippen LogP contribution in [0.4, 0.5) is 0 Å². The molecule has 0 aromatic carbocycles. The van der Waals surface area contributed by atoms with Crippen LogP contribution in [0.25, 0.3) is 11.5 Å². The standard InChI is InChI=1S/C7H7N5/c1-12-7(8-5-10-12)6-3-2-4-9-11-6/h2-5H,1H3. The summed E-state index contributed by atoms with van der Waals surface area (Å²) in [5, 5.41) is 11.6. The van der Waals surface area contributed by atoms with Gasteiger partial charge in [-0.25, -0.2) is 9.67 Å². The molecule has 0 saturated carbocycles. The van der Waals surface area contributed by atoms with Gasteiger partial charge in [0.25, 0.3) is 0 Å². The van der Waals surface area contributed by atoms with E-state index in [0.717, 1.165) is 11.5 Å². The quantitative estimate of drug-likeness (QED) is 0.602. The van der Waals surface area contributed by atoms with Crippen LogP contribution in [-0.2, 0) is 7.05 Å². The summed E-state index contributed by atoms with van der Waals surface area (Å²) in [7, 11) is 1.82. The molecular formula is C7H7N5. The van der Waals surface area contributed by atoms with Gasteiger partial charge in [-0.05, 0) is 12.1 Å². The first kappa shape index (κ1) is 6.90. The summed E-state index contributed by atoms with van der Waals surface area (Å²) in [6, 6.07) is 3.66. The Kier molecular flexibility index (Phi) is 1.55. The zero-order chi connectivity index (χ0) is 8.39. The molecule has 0 atom stereocenters. The van der Waals surface area contributed by atoms with Gasteiger partial charge in [0.05, 0.1) is 0 Å². The minimum Gasteiger partial charge on any atom is -0.248 e. The van der Waals surface area contributed by atoms with Crippen LogP contribution in [0, 0.1) is 0 Å². The zero-order valence-corrected chi connectivity index (χ0v) is 6.55. The van der Waals surface area contributed by atoms with E-state index in [2.05, 4.69) is 20.3 Å². The van der Waals surface area contributed by atoms with Crippen molar-refractivity contribution in [1.82, 2.24) is 25.0 Å². The van der Waals surface area contributed by atoms with Gasteiger partial charge >= 0.3 is 0 Å². The zero-order valence-electron chi connectivity index (χ0n) is 6.55. The summed E-state index contributed by atoms with van der Waals surface area (Å²) in [5.74, 6) is 0.725. The van der Waals surface area contributed by atoms with E-state index in [1.54, 1.807) is 10.9 Å². The predicted molar refractivity (Wildman–Crippen MR) is 42.0 cm³/mol. The second-order valence-electron chi connectivity index (χ2n) is 2.32. The van der Waals surface area contributed by atoms with Gasteiger partial charge in [0.1, 0.15) is 12.0 Å². The SMILES string of the molecule is Cn1ncnc1-c1cccnn1. The van der Waals surface area contributed by atoms with Crippen LogP contribution in [0.1, 0.15) is 0 Å². The monoisotopic (exact) mass is 161 g/mol. The molecule has 0 amide bonds. The van der Waals surface area contributed by atoms with Crippen molar-refractivity contribution >= 4 is 0 Å². The van der Waals surface area contributed by atoms with E-state index >= 15 is 0 Å². The van der Waals surface area contributed by atoms with Crippen LogP contribution in [-0.4, -0.2) is 25.0 Å². The summed E-state index contributed by atoms with van der Waals surface area (Å²) in [6.45, 7) is 0. The molecule has 0 bridgehead atoms. The highest BCUT2D eigenvalue weighted by molar-refractivity contribution is 5.46. The molecule has 2 aromatic heterocycles. The molecule has 2 aromatic rings. The van der Waals surface area contributed by atoms with E-state index in [0.29, 0.717) is 0 Å². The highest BCUT2D eigenvalue weighted by atomic mass is 15.3. The largest absolute Gasteiger partial charge is 0.248 e. The van der Waals surface area contributed by atoms with Crippen LogP contribution in [0.3, 0.4) is 0 Å². The first-order valence-electron chi connectivity index (χ1n) is 3.50. The van der Waals surface area contributed by atoms with Crippen molar-refractivity contribution in [3.8, 4) is 11.5 Å². The Bertz CT molecular complexity index is 366. The molecule has 0 spiro atoms. The Balaban J connectivity index is 2.51. The first-order chi connectivity index (χ1) is 5.88. The van der Waals surface area contributed by atoms with E-state index < -0.39 is 0 Å². The van der Waals surface area contributed by atoms with Crippen molar-refractivity contribution in [2.75, 3.05) is 0 Å². The second kappa shape index (κ2) is 2.69. The van der Waals surface area contributed by atoms with Crippen LogP contribution in [0.15, 0.2) is 24.7 Å². The lowest BCUT2D eigenvalue weighted by Gasteiger charge is -1.95. The van der Waals surface area contributed by atoms with E-state index in [4.69, 9.17) is 0 Å². The Morgan fingerprint density at radius 1 is 1.42 bits per heavy atom. The molecule has 12 heavy (non-hydrogen) atoms. The summed E-state index contributed by atoms with van der Waals surface area (Å²) in [4.78, 5) is 4.04. The molecule has 0 aliphatic heterocycles. The molecule has 2 heterocycles. The molecule has 0 saturated heterocycles. The van der Waals surface area contributed by atoms with Gasteiger partial charge < -0.3 is 0 Å². The minimum atomic E-state index is 0.725. The molecule has 0 radical (unpaired) electrons. The molecule has 0 aliphatic rings. The van der Waals surface area contributed by atoms with Crippen LogP contribution in [0.2, 0.25) is 0 Å². The second-order valence-corrected chi connectivity index (χ2v) is 2.32. The number of aromatic nitrogens is 5. The van der Waals surface area contributed by atoms with Gasteiger partial charge in [-0.2, -0.15) is 10.2 Å². The smallest absolute Gasteiger partial charge is 0.178 e. The number of hydrogen-bond donors (Lipinski definition) is 0. The summed E-state index contributed by atoms with van der Waals surface area (Å²) in [6.07, 6.45) is 3.11. The van der Waals surface area contributed by atoms with Gasteiger partial charge in [-0.1, -0.05) is 0 Å². The van der Waals surface area contributed by atoms with Gasteiger partial charge in [0.2, 0.25) is 0 Å². The number of aryl methyl sites for hydroxylation is 1. The number of nitrogens with zero attached hydrogens (tertiary/aromatic N) is 5. The molecule has 0 unspecified atom stereocenters. The molecule has 5 nitrogen and oxygen atoms in total. The maximum Gasteiger partial charge on any atom is 0.178 e. The van der Waals surface area contributed by atoms with Crippen molar-refractivity contribution in [2.45, 2.75) is 0 Å². The average molecular weight is 161 g/mol. The van der Waals surface area contributed by atoms with Crippen LogP contribution in [0.5, 0.6) is 0 Å². The summed E-state index contributed by atoms with van der Waals surface area (Å²) >= 11 is 0. The molecule has 2 rings (SSSR count). The van der Waals surface area contributed by atoms with Crippen LogP contribution >= 0.6 is 0 Å². The number of hydrogen-bond acceptors (Lipinski definition) is 4. The third-order valence-corrected chi connectivity index (χ3v) is 1.51. The third kappa shape index (κ3) is 1.05. The van der Waals surface area contributed by atoms with Crippen molar-refractivity contribution in [1.29, 1.82) is 0 Å². The highest BCUT2D eigenvalue weighted by Gasteiger charge is 2.03. The molecule has 0 N–H and O–H groups in total. The molecule has 0 fully saturated rings. The lowest BCUT2D eigenvalue weighted by Crippen LogP contribution is -1.96. The minimum absolute atomic E-state index is 0.725. The van der Waals surface area contributed by atoms with Gasteiger partial charge in [-0.3, -0.25) is 0 Å². The van der Waals surface area contributed by atoms with Gasteiger partial charge in [-0.15, -0.1) is 5.10 Å². The fourth-order valence-corrected chi connectivity index (χ4v) is 0.949. The Labute approximate surface area is 69.1 Å². The molecule has 0 aliphatic carbocycles. The van der Waals surface area contributed by atoms with E-state index in [9.17, 15) is 0 Å². The maximum atomic E-state index is 4.04. The molecular weight excluding hydrogens is 154 g/mol. The number of rotatable bonds is 1. The molecule has 5 heteroatoms. The maximum absolute atomic E-state index is 4.04. The summed E-state index contributed by atoms with van der Waals surface area (Å²) in [5.41, 5.74) is 0.734. The molecule has 60 valence electrons. The predicted octanol–water partition coefficient (Wildman–Crippen LogP) is 0.272. The highest BCUT2D eigenvalue weighted by Crippen LogP contribution is 2.08. The lowest BCUT2D eigenvalue weighted by atomic mass is 10.4. The lowest BCUT2D eigenvalue weighted by molar-refractivity contribution is 0.769. The fourth-order valence-electron chi connectivity index (χ4n) is 0.949. The normalized spacial score (nSPS) is 10.1. The van der Waals surface area contributed by atoms with Crippen molar-refractivity contribution in [3.63, 3.8) is 0 Å². The topological polar surface area (TPSA) is 56.5 Å².